The molecule has 0 unspecified atom stereocenters. The second kappa shape index (κ2) is 7.02. The van der Waals surface area contributed by atoms with Crippen molar-refractivity contribution in [1.82, 2.24) is 4.57 Å². The lowest BCUT2D eigenvalue weighted by atomic mass is 10.1. The molecular weight excluding hydrogens is 423 g/mol. The first kappa shape index (κ1) is 20.0. The summed E-state index contributed by atoms with van der Waals surface area (Å²) in [6.07, 6.45) is -5.35. The molecule has 2 aromatic heterocycles. The SMILES string of the molecule is Cc1c(CC(=O)O)c2c(Cl)c(O)ccc2n1C(=O)c1csc(OC(F)(F)F)c1. The molecule has 0 amide bonds. The fraction of sp³-hybridized carbons (Fsp3) is 0.176. The van der Waals surface area contributed by atoms with E-state index >= 15 is 0 Å². The lowest BCUT2D eigenvalue weighted by Gasteiger charge is -2.07. The Morgan fingerprint density at radius 2 is 2.00 bits per heavy atom. The second-order valence-electron chi connectivity index (χ2n) is 5.77. The number of carboxylic acid groups (broad SMARTS) is 1. The number of carbonyl (C=O) groups excluding carboxylic acids is 1. The zero-order valence-corrected chi connectivity index (χ0v) is 15.6. The average molecular weight is 434 g/mol. The zero-order valence-electron chi connectivity index (χ0n) is 14.0. The number of aromatic hydroxyl groups is 1. The Balaban J connectivity index is 2.15. The largest absolute Gasteiger partial charge is 0.573 e. The molecule has 148 valence electrons. The maximum atomic E-state index is 12.9. The minimum absolute atomic E-state index is 0.0738. The van der Waals surface area contributed by atoms with Gasteiger partial charge in [0.2, 0.25) is 0 Å². The molecule has 3 aromatic rings. The number of carboxylic acids is 1. The van der Waals surface area contributed by atoms with Gasteiger partial charge in [-0.3, -0.25) is 14.2 Å². The molecule has 11 heteroatoms. The van der Waals surface area contributed by atoms with E-state index in [1.807, 2.05) is 0 Å². The van der Waals surface area contributed by atoms with Crippen LogP contribution in [0.1, 0.15) is 21.6 Å². The van der Waals surface area contributed by atoms with Crippen LogP contribution in [-0.2, 0) is 11.2 Å². The summed E-state index contributed by atoms with van der Waals surface area (Å²) in [7, 11) is 0. The van der Waals surface area contributed by atoms with Crippen molar-refractivity contribution < 1.29 is 37.7 Å². The van der Waals surface area contributed by atoms with Gasteiger partial charge in [-0.2, -0.15) is 0 Å². The van der Waals surface area contributed by atoms with Crippen molar-refractivity contribution in [1.29, 1.82) is 0 Å². The number of halogens is 4. The number of alkyl halides is 3. The van der Waals surface area contributed by atoms with Gasteiger partial charge in [0.15, 0.2) is 5.06 Å². The Morgan fingerprint density at radius 3 is 2.61 bits per heavy atom. The Hall–Kier alpha value is -2.72. The topological polar surface area (TPSA) is 88.8 Å². The maximum Gasteiger partial charge on any atom is 0.573 e. The van der Waals surface area contributed by atoms with Gasteiger partial charge in [-0.25, -0.2) is 0 Å². The Morgan fingerprint density at radius 1 is 1.32 bits per heavy atom. The molecule has 0 saturated carbocycles. The summed E-state index contributed by atoms with van der Waals surface area (Å²) in [6, 6.07) is 3.57. The summed E-state index contributed by atoms with van der Waals surface area (Å²) in [5.41, 5.74) is 0.625. The molecule has 0 radical (unpaired) electrons. The van der Waals surface area contributed by atoms with Gasteiger partial charge in [-0.15, -0.1) is 24.5 Å². The van der Waals surface area contributed by atoms with Crippen molar-refractivity contribution in [2.24, 2.45) is 0 Å². The molecule has 0 aliphatic carbocycles. The van der Waals surface area contributed by atoms with Gasteiger partial charge in [-0.1, -0.05) is 11.6 Å². The highest BCUT2D eigenvalue weighted by molar-refractivity contribution is 7.12. The molecule has 0 saturated heterocycles. The summed E-state index contributed by atoms with van der Waals surface area (Å²) in [5, 5.41) is 19.8. The molecule has 2 N–H and O–H groups in total. The third kappa shape index (κ3) is 3.65. The van der Waals surface area contributed by atoms with Gasteiger partial charge < -0.3 is 14.9 Å². The van der Waals surface area contributed by atoms with Crippen molar-refractivity contribution >= 4 is 45.7 Å². The number of phenolic OH excluding ortho intramolecular Hbond substituents is 1. The van der Waals surface area contributed by atoms with Crippen LogP contribution in [0.25, 0.3) is 10.9 Å². The number of aromatic nitrogens is 1. The molecule has 2 heterocycles. The van der Waals surface area contributed by atoms with E-state index in [0.29, 0.717) is 11.3 Å². The number of carbonyl (C=O) groups is 2. The normalized spacial score (nSPS) is 11.8. The summed E-state index contributed by atoms with van der Waals surface area (Å²) < 4.78 is 42.0. The molecule has 0 atom stereocenters. The molecule has 6 nitrogen and oxygen atoms in total. The Labute approximate surface area is 164 Å². The molecule has 1 aromatic carbocycles. The summed E-state index contributed by atoms with van der Waals surface area (Å²) in [4.78, 5) is 24.2. The smallest absolute Gasteiger partial charge is 0.506 e. The van der Waals surface area contributed by atoms with Gasteiger partial charge in [0, 0.05) is 22.5 Å². The van der Waals surface area contributed by atoms with E-state index in [0.717, 1.165) is 10.6 Å². The molecule has 0 bridgehead atoms. The number of benzene rings is 1. The zero-order chi connectivity index (χ0) is 20.8. The van der Waals surface area contributed by atoms with Crippen molar-refractivity contribution in [2.45, 2.75) is 19.7 Å². The highest BCUT2D eigenvalue weighted by Crippen LogP contribution is 2.38. The van der Waals surface area contributed by atoms with E-state index < -0.39 is 29.7 Å². The fourth-order valence-corrected chi connectivity index (χ4v) is 3.90. The molecule has 3 rings (SSSR count). The molecule has 0 aliphatic heterocycles. The first-order valence-electron chi connectivity index (χ1n) is 7.61. The van der Waals surface area contributed by atoms with Crippen molar-refractivity contribution in [2.75, 3.05) is 0 Å². The number of fused-ring (bicyclic) bond motifs is 1. The van der Waals surface area contributed by atoms with Crippen LogP contribution in [0.2, 0.25) is 5.02 Å². The number of rotatable bonds is 4. The molecule has 0 fully saturated rings. The summed E-state index contributed by atoms with van der Waals surface area (Å²) in [6.45, 7) is 1.49. The Kier molecular flexibility index (Phi) is 5.02. The maximum absolute atomic E-state index is 12.9. The van der Waals surface area contributed by atoms with Crippen LogP contribution in [-0.4, -0.2) is 33.0 Å². The number of thiophene rings is 1. The van der Waals surface area contributed by atoms with E-state index in [-0.39, 0.29) is 38.5 Å². The van der Waals surface area contributed by atoms with Crippen LogP contribution in [0.4, 0.5) is 13.2 Å². The van der Waals surface area contributed by atoms with Gasteiger partial charge in [0.1, 0.15) is 5.75 Å². The highest BCUT2D eigenvalue weighted by atomic mass is 35.5. The van der Waals surface area contributed by atoms with Crippen LogP contribution in [0.3, 0.4) is 0 Å². The number of hydrogen-bond acceptors (Lipinski definition) is 5. The van der Waals surface area contributed by atoms with Gasteiger partial charge in [-0.05, 0) is 24.6 Å². The standard InChI is InChI=1S/C17H11ClF3NO5S/c1-7-9(5-12(24)25)14-10(2-3-11(23)15(14)18)22(7)16(26)8-4-13(28-6-8)27-17(19,20)21/h2-4,6,23H,5H2,1H3,(H,24,25). The molecule has 28 heavy (non-hydrogen) atoms. The van der Waals surface area contributed by atoms with Crippen molar-refractivity contribution in [3.63, 3.8) is 0 Å². The van der Waals surface area contributed by atoms with E-state index in [1.165, 1.54) is 24.4 Å². The minimum Gasteiger partial charge on any atom is -0.506 e. The molecule has 0 aliphatic rings. The highest BCUT2D eigenvalue weighted by Gasteiger charge is 2.32. The van der Waals surface area contributed by atoms with Gasteiger partial charge >= 0.3 is 12.3 Å². The van der Waals surface area contributed by atoms with Gasteiger partial charge in [0.05, 0.1) is 22.5 Å². The van der Waals surface area contributed by atoms with Crippen molar-refractivity contribution in [3.05, 3.63) is 45.4 Å². The number of hydrogen-bond donors (Lipinski definition) is 2. The summed E-state index contributed by atoms with van der Waals surface area (Å²) >= 11 is 6.71. The van der Waals surface area contributed by atoms with Crippen LogP contribution in [0.15, 0.2) is 23.6 Å². The first-order valence-corrected chi connectivity index (χ1v) is 8.87. The van der Waals surface area contributed by atoms with E-state index in [2.05, 4.69) is 4.74 Å². The van der Waals surface area contributed by atoms with E-state index in [9.17, 15) is 27.9 Å². The minimum atomic E-state index is -4.89. The third-order valence-electron chi connectivity index (χ3n) is 3.98. The second-order valence-corrected chi connectivity index (χ2v) is 7.02. The number of phenols is 1. The molecular formula is C17H11ClF3NO5S. The predicted molar refractivity (Wildman–Crippen MR) is 95.4 cm³/mol. The van der Waals surface area contributed by atoms with Crippen molar-refractivity contribution in [3.8, 4) is 10.8 Å². The number of nitrogens with zero attached hydrogens (tertiary/aromatic N) is 1. The quantitative estimate of drug-likeness (QED) is 0.628. The number of aliphatic carboxylic acids is 1. The first-order chi connectivity index (χ1) is 13.0. The molecule has 0 spiro atoms. The van der Waals surface area contributed by atoms with Gasteiger partial charge in [0.25, 0.3) is 5.91 Å². The predicted octanol–water partition coefficient (Wildman–Crippen LogP) is 4.58. The van der Waals surface area contributed by atoms with Crippen LogP contribution in [0, 0.1) is 6.92 Å². The lowest BCUT2D eigenvalue weighted by Crippen LogP contribution is -2.16. The van der Waals surface area contributed by atoms with Crippen LogP contribution >= 0.6 is 22.9 Å². The third-order valence-corrected chi connectivity index (χ3v) is 5.17. The lowest BCUT2D eigenvalue weighted by molar-refractivity contribution is -0.273. The van der Waals surface area contributed by atoms with Crippen LogP contribution in [0.5, 0.6) is 10.8 Å². The number of ether oxygens (including phenoxy) is 1. The van der Waals surface area contributed by atoms with E-state index in [1.54, 1.807) is 0 Å². The van der Waals surface area contributed by atoms with E-state index in [4.69, 9.17) is 16.7 Å². The average Bonchev–Trinajstić information content (AvgIpc) is 3.12. The monoisotopic (exact) mass is 433 g/mol. The fourth-order valence-electron chi connectivity index (χ4n) is 2.88. The summed E-state index contributed by atoms with van der Waals surface area (Å²) in [5.74, 6) is -2.15. The Bertz CT molecular complexity index is 1100. The van der Waals surface area contributed by atoms with Crippen LogP contribution < -0.4 is 4.74 Å².